The normalized spacial score (nSPS) is 43.4. The predicted octanol–water partition coefficient (Wildman–Crippen LogP) is 5.48. The van der Waals surface area contributed by atoms with Crippen LogP contribution in [0, 0.1) is 34.5 Å². The molecule has 3 fully saturated rings. The van der Waals surface area contributed by atoms with Crippen molar-refractivity contribution in [3.8, 4) is 0 Å². The van der Waals surface area contributed by atoms with E-state index in [0.29, 0.717) is 30.0 Å². The Labute approximate surface area is 164 Å². The van der Waals surface area contributed by atoms with Crippen molar-refractivity contribution in [1.82, 2.24) is 0 Å². The molecule has 0 aromatic carbocycles. The molecule has 0 spiro atoms. The Bertz CT molecular complexity index is 650. The molecule has 3 nitrogen and oxygen atoms in total. The molecular formula is C24H36O3. The van der Waals surface area contributed by atoms with Crippen molar-refractivity contribution in [2.24, 2.45) is 34.5 Å². The highest BCUT2D eigenvalue weighted by Gasteiger charge is 2.59. The second kappa shape index (κ2) is 7.04. The van der Waals surface area contributed by atoms with Gasteiger partial charge in [-0.1, -0.05) is 32.3 Å². The zero-order valence-corrected chi connectivity index (χ0v) is 17.4. The highest BCUT2D eigenvalue weighted by molar-refractivity contribution is 5.97. The molecule has 0 bridgehead atoms. The minimum Gasteiger partial charge on any atom is -0.469 e. The third-order valence-electron chi connectivity index (χ3n) is 9.19. The van der Waals surface area contributed by atoms with Crippen LogP contribution < -0.4 is 0 Å². The summed E-state index contributed by atoms with van der Waals surface area (Å²) in [4.78, 5) is 24.9. The van der Waals surface area contributed by atoms with Crippen LogP contribution in [0.4, 0.5) is 0 Å². The average Bonchev–Trinajstić information content (AvgIpc) is 3.00. The summed E-state index contributed by atoms with van der Waals surface area (Å²) in [6.07, 6.45) is 14.7. The van der Waals surface area contributed by atoms with Gasteiger partial charge < -0.3 is 4.74 Å². The molecule has 0 saturated heterocycles. The Hall–Kier alpha value is -1.12. The SMILES string of the molecule is COC(=O)CCCC1CCC2C3CC[C@@H]4CCCC[C@]4(C)C3=CC(=O)C12C. The predicted molar refractivity (Wildman–Crippen MR) is 106 cm³/mol. The van der Waals surface area contributed by atoms with Crippen molar-refractivity contribution >= 4 is 11.8 Å². The lowest BCUT2D eigenvalue weighted by Gasteiger charge is -2.55. The van der Waals surface area contributed by atoms with Gasteiger partial charge in [-0.15, -0.1) is 0 Å². The highest BCUT2D eigenvalue weighted by Crippen LogP contribution is 2.64. The van der Waals surface area contributed by atoms with Gasteiger partial charge in [0.1, 0.15) is 0 Å². The molecule has 4 unspecified atom stereocenters. The number of hydrogen-bond donors (Lipinski definition) is 0. The maximum absolute atomic E-state index is 13.5. The molecule has 0 aliphatic heterocycles. The summed E-state index contributed by atoms with van der Waals surface area (Å²) < 4.78 is 4.78. The molecule has 0 aromatic heterocycles. The molecule has 6 atom stereocenters. The van der Waals surface area contributed by atoms with E-state index in [4.69, 9.17) is 4.74 Å². The molecule has 4 aliphatic carbocycles. The number of hydrogen-bond acceptors (Lipinski definition) is 3. The lowest BCUT2D eigenvalue weighted by Crippen LogP contribution is -2.50. The van der Waals surface area contributed by atoms with E-state index < -0.39 is 0 Å². The zero-order valence-electron chi connectivity index (χ0n) is 17.4. The number of ketones is 1. The molecule has 27 heavy (non-hydrogen) atoms. The molecule has 3 heteroatoms. The van der Waals surface area contributed by atoms with E-state index >= 15 is 0 Å². The molecule has 4 aliphatic rings. The van der Waals surface area contributed by atoms with E-state index in [2.05, 4.69) is 19.9 Å². The molecule has 0 aromatic rings. The minimum absolute atomic E-state index is 0.129. The first-order valence-electron chi connectivity index (χ1n) is 11.2. The summed E-state index contributed by atoms with van der Waals surface area (Å²) in [5.74, 6) is 2.63. The van der Waals surface area contributed by atoms with Gasteiger partial charge in [0, 0.05) is 11.8 Å². The summed E-state index contributed by atoms with van der Waals surface area (Å²) in [5.41, 5.74) is 1.60. The van der Waals surface area contributed by atoms with Crippen LogP contribution >= 0.6 is 0 Å². The van der Waals surface area contributed by atoms with E-state index in [1.54, 1.807) is 0 Å². The van der Waals surface area contributed by atoms with Crippen LogP contribution in [0.15, 0.2) is 11.6 Å². The fourth-order valence-corrected chi connectivity index (χ4v) is 7.52. The van der Waals surface area contributed by atoms with Crippen LogP contribution in [0.25, 0.3) is 0 Å². The number of ether oxygens (including phenoxy) is 1. The minimum atomic E-state index is -0.206. The topological polar surface area (TPSA) is 43.4 Å². The largest absolute Gasteiger partial charge is 0.469 e. The van der Waals surface area contributed by atoms with Crippen molar-refractivity contribution in [2.45, 2.75) is 84.5 Å². The smallest absolute Gasteiger partial charge is 0.305 e. The first kappa shape index (κ1) is 19.2. The van der Waals surface area contributed by atoms with Gasteiger partial charge >= 0.3 is 5.97 Å². The molecule has 0 radical (unpaired) electrons. The number of fused-ring (bicyclic) bond motifs is 5. The number of esters is 1. The van der Waals surface area contributed by atoms with Crippen molar-refractivity contribution in [2.75, 3.05) is 7.11 Å². The van der Waals surface area contributed by atoms with Crippen molar-refractivity contribution in [3.63, 3.8) is 0 Å². The Morgan fingerprint density at radius 1 is 1.15 bits per heavy atom. The van der Waals surface area contributed by atoms with Gasteiger partial charge in [0.2, 0.25) is 0 Å². The van der Waals surface area contributed by atoms with Crippen LogP contribution in [0.1, 0.15) is 84.5 Å². The number of allylic oxidation sites excluding steroid dienone is 2. The summed E-state index contributed by atoms with van der Waals surface area (Å²) in [5, 5.41) is 0. The second-order valence-corrected chi connectivity index (χ2v) is 10.1. The number of rotatable bonds is 4. The summed E-state index contributed by atoms with van der Waals surface area (Å²) in [6, 6.07) is 0. The Kier molecular flexibility index (Phi) is 5.01. The summed E-state index contributed by atoms with van der Waals surface area (Å²) in [7, 11) is 1.45. The van der Waals surface area contributed by atoms with Gasteiger partial charge in [0.15, 0.2) is 5.78 Å². The Morgan fingerprint density at radius 3 is 2.74 bits per heavy atom. The summed E-state index contributed by atoms with van der Waals surface area (Å²) >= 11 is 0. The van der Waals surface area contributed by atoms with Gasteiger partial charge in [0.25, 0.3) is 0 Å². The van der Waals surface area contributed by atoms with E-state index in [0.717, 1.165) is 25.2 Å². The zero-order chi connectivity index (χ0) is 19.2. The lowest BCUT2D eigenvalue weighted by molar-refractivity contribution is -0.140. The van der Waals surface area contributed by atoms with E-state index in [9.17, 15) is 9.59 Å². The molecule has 3 saturated carbocycles. The van der Waals surface area contributed by atoms with E-state index in [1.165, 1.54) is 57.6 Å². The number of carbonyl (C=O) groups is 2. The molecule has 0 N–H and O–H groups in total. The van der Waals surface area contributed by atoms with Gasteiger partial charge in [-0.2, -0.15) is 0 Å². The van der Waals surface area contributed by atoms with Crippen LogP contribution in [0.3, 0.4) is 0 Å². The maximum Gasteiger partial charge on any atom is 0.305 e. The number of methoxy groups -OCH3 is 1. The summed E-state index contributed by atoms with van der Waals surface area (Å²) in [6.45, 7) is 4.71. The van der Waals surface area contributed by atoms with Crippen molar-refractivity contribution in [1.29, 1.82) is 0 Å². The lowest BCUT2D eigenvalue weighted by atomic mass is 9.48. The maximum atomic E-state index is 13.5. The second-order valence-electron chi connectivity index (χ2n) is 10.1. The molecule has 0 amide bonds. The van der Waals surface area contributed by atoms with E-state index in [1.807, 2.05) is 0 Å². The molecule has 150 valence electrons. The fraction of sp³-hybridized carbons (Fsp3) is 0.833. The average molecular weight is 373 g/mol. The van der Waals surface area contributed by atoms with Crippen LogP contribution in [-0.2, 0) is 14.3 Å². The van der Waals surface area contributed by atoms with Gasteiger partial charge in [-0.3, -0.25) is 9.59 Å². The van der Waals surface area contributed by atoms with Crippen LogP contribution in [0.5, 0.6) is 0 Å². The van der Waals surface area contributed by atoms with Crippen LogP contribution in [0.2, 0.25) is 0 Å². The Balaban J connectivity index is 1.57. The monoisotopic (exact) mass is 372 g/mol. The third-order valence-corrected chi connectivity index (χ3v) is 9.19. The first-order valence-corrected chi connectivity index (χ1v) is 11.2. The fourth-order valence-electron chi connectivity index (χ4n) is 7.52. The van der Waals surface area contributed by atoms with Crippen LogP contribution in [-0.4, -0.2) is 18.9 Å². The first-order chi connectivity index (χ1) is 12.9. The van der Waals surface area contributed by atoms with E-state index in [-0.39, 0.29) is 16.8 Å². The number of carbonyl (C=O) groups excluding carboxylic acids is 2. The quantitative estimate of drug-likeness (QED) is 0.614. The standard InChI is InChI=1S/C24H36O3/c1-23-14-5-4-7-16(23)10-12-18-19-13-11-17(8-6-9-22(26)27-3)24(19,2)21(25)15-20(18)23/h15-19H,4-14H2,1-3H3/t16-,17?,18?,19?,23-,24?/m0/s1. The molecular weight excluding hydrogens is 336 g/mol. The van der Waals surface area contributed by atoms with Gasteiger partial charge in [0.05, 0.1) is 7.11 Å². The Morgan fingerprint density at radius 2 is 1.96 bits per heavy atom. The molecule has 0 heterocycles. The molecule has 4 rings (SSSR count). The van der Waals surface area contributed by atoms with Gasteiger partial charge in [-0.05, 0) is 86.5 Å². The third kappa shape index (κ3) is 2.91. The van der Waals surface area contributed by atoms with Crippen molar-refractivity contribution < 1.29 is 14.3 Å². The van der Waals surface area contributed by atoms with Gasteiger partial charge in [-0.25, -0.2) is 0 Å². The van der Waals surface area contributed by atoms with Crippen molar-refractivity contribution in [3.05, 3.63) is 11.6 Å². The highest BCUT2D eigenvalue weighted by atomic mass is 16.5.